The fourth-order valence-electron chi connectivity index (χ4n) is 3.52. The van der Waals surface area contributed by atoms with Gasteiger partial charge in [-0.3, -0.25) is 14.1 Å². The van der Waals surface area contributed by atoms with Crippen molar-refractivity contribution in [2.45, 2.75) is 114 Å². The van der Waals surface area contributed by atoms with Crippen LogP contribution in [0.4, 0.5) is 0 Å². The number of aliphatic hydroxyl groups excluding tert-OH is 1. The molecule has 0 saturated heterocycles. The lowest BCUT2D eigenvalue weighted by atomic mass is 9.96. The van der Waals surface area contributed by atoms with Gasteiger partial charge in [0.25, 0.3) is 10.1 Å². The summed E-state index contributed by atoms with van der Waals surface area (Å²) >= 11 is 0. The van der Waals surface area contributed by atoms with E-state index in [-0.39, 0.29) is 12.5 Å². The van der Waals surface area contributed by atoms with Crippen molar-refractivity contribution >= 4 is 22.1 Å². The van der Waals surface area contributed by atoms with Crippen molar-refractivity contribution in [2.24, 2.45) is 0 Å². The van der Waals surface area contributed by atoms with Crippen LogP contribution in [-0.2, 0) is 19.7 Å². The molecule has 0 saturated carbocycles. The molecule has 0 rings (SSSR count). The van der Waals surface area contributed by atoms with E-state index in [1.165, 1.54) is 19.3 Å². The SMILES string of the molecule is CCCCCC[C@@H](O)CC=CCCCCCCCCC(CC(=O)O)(C(=O)O)S(=O)(=O)O. The van der Waals surface area contributed by atoms with Gasteiger partial charge in [-0.25, -0.2) is 0 Å². The van der Waals surface area contributed by atoms with E-state index in [1.807, 2.05) is 6.08 Å². The predicted molar refractivity (Wildman–Crippen MR) is 120 cm³/mol. The smallest absolute Gasteiger partial charge is 0.328 e. The van der Waals surface area contributed by atoms with Gasteiger partial charge in [0.15, 0.2) is 0 Å². The summed E-state index contributed by atoms with van der Waals surface area (Å²) in [7, 11) is -5.05. The molecule has 2 atom stereocenters. The number of rotatable bonds is 20. The first kappa shape index (κ1) is 29.5. The van der Waals surface area contributed by atoms with Gasteiger partial charge < -0.3 is 15.3 Å². The summed E-state index contributed by atoms with van der Waals surface area (Å²) in [4.78, 5) is 22.3. The molecule has 8 nitrogen and oxygen atoms in total. The van der Waals surface area contributed by atoms with Crippen LogP contribution < -0.4 is 0 Å². The molecule has 9 heteroatoms. The Kier molecular flexibility index (Phi) is 15.5. The molecule has 0 bridgehead atoms. The number of aliphatic carboxylic acids is 2. The summed E-state index contributed by atoms with van der Waals surface area (Å²) in [5.41, 5.74) is 0. The van der Waals surface area contributed by atoms with E-state index in [0.29, 0.717) is 12.8 Å². The van der Waals surface area contributed by atoms with E-state index < -0.39 is 39.6 Å². The van der Waals surface area contributed by atoms with Crippen LogP contribution in [0.5, 0.6) is 0 Å². The third kappa shape index (κ3) is 12.9. The van der Waals surface area contributed by atoms with E-state index in [1.54, 1.807) is 0 Å². The van der Waals surface area contributed by atoms with Crippen molar-refractivity contribution in [3.8, 4) is 0 Å². The Morgan fingerprint density at radius 1 is 0.903 bits per heavy atom. The van der Waals surface area contributed by atoms with Crippen LogP contribution in [-0.4, -0.2) is 51.1 Å². The molecule has 0 aliphatic carbocycles. The van der Waals surface area contributed by atoms with Crippen LogP contribution in [0.2, 0.25) is 0 Å². The van der Waals surface area contributed by atoms with E-state index in [9.17, 15) is 32.8 Å². The number of carboxylic acid groups (broad SMARTS) is 2. The first-order valence-corrected chi connectivity index (χ1v) is 12.8. The highest BCUT2D eigenvalue weighted by atomic mass is 32.2. The third-order valence-electron chi connectivity index (χ3n) is 5.49. The zero-order valence-electron chi connectivity index (χ0n) is 18.7. The lowest BCUT2D eigenvalue weighted by Gasteiger charge is -2.24. The second kappa shape index (κ2) is 16.2. The molecule has 0 spiro atoms. The van der Waals surface area contributed by atoms with Gasteiger partial charge in [-0.05, 0) is 32.1 Å². The number of unbranched alkanes of at least 4 members (excludes halogenated alkanes) is 9. The zero-order chi connectivity index (χ0) is 23.8. The van der Waals surface area contributed by atoms with Gasteiger partial charge in [0.1, 0.15) is 0 Å². The van der Waals surface area contributed by atoms with Crippen LogP contribution in [0.1, 0.15) is 103 Å². The highest BCUT2D eigenvalue weighted by molar-refractivity contribution is 7.88. The molecule has 0 aromatic heterocycles. The van der Waals surface area contributed by atoms with Gasteiger partial charge >= 0.3 is 11.9 Å². The molecule has 4 N–H and O–H groups in total. The summed E-state index contributed by atoms with van der Waals surface area (Å²) < 4.78 is 29.7. The van der Waals surface area contributed by atoms with E-state index in [0.717, 1.165) is 44.9 Å². The molecule has 0 fully saturated rings. The molecular formula is C22H40O8S. The van der Waals surface area contributed by atoms with Gasteiger partial charge in [0, 0.05) is 0 Å². The largest absolute Gasteiger partial charge is 0.481 e. The number of carbonyl (C=O) groups is 2. The van der Waals surface area contributed by atoms with Crippen molar-refractivity contribution in [2.75, 3.05) is 0 Å². The highest BCUT2D eigenvalue weighted by Crippen LogP contribution is 2.29. The number of hydrogen-bond acceptors (Lipinski definition) is 5. The van der Waals surface area contributed by atoms with Gasteiger partial charge in [0.2, 0.25) is 4.75 Å². The topological polar surface area (TPSA) is 149 Å². The highest BCUT2D eigenvalue weighted by Gasteiger charge is 2.51. The Morgan fingerprint density at radius 2 is 1.48 bits per heavy atom. The summed E-state index contributed by atoms with van der Waals surface area (Å²) in [6.07, 6.45) is 13.7. The minimum Gasteiger partial charge on any atom is -0.481 e. The molecule has 0 heterocycles. The summed E-state index contributed by atoms with van der Waals surface area (Å²) in [6.45, 7) is 2.16. The molecule has 0 aromatic carbocycles. The van der Waals surface area contributed by atoms with Crippen molar-refractivity contribution in [1.29, 1.82) is 0 Å². The molecule has 31 heavy (non-hydrogen) atoms. The fourth-order valence-corrected chi connectivity index (χ4v) is 4.45. The van der Waals surface area contributed by atoms with Crippen molar-refractivity contribution in [3.63, 3.8) is 0 Å². The van der Waals surface area contributed by atoms with Crippen LogP contribution >= 0.6 is 0 Å². The minimum absolute atomic E-state index is 0.204. The quantitative estimate of drug-likeness (QED) is 0.116. The number of carboxylic acids is 2. The lowest BCUT2D eigenvalue weighted by molar-refractivity contribution is -0.147. The first-order chi connectivity index (χ1) is 14.6. The van der Waals surface area contributed by atoms with Crippen molar-refractivity contribution in [1.82, 2.24) is 0 Å². The van der Waals surface area contributed by atoms with Gasteiger partial charge in [-0.1, -0.05) is 76.9 Å². The molecule has 182 valence electrons. The second-order valence-electron chi connectivity index (χ2n) is 8.22. The standard InChI is InChI=1S/C22H40O8S/c1-2-3-4-12-15-19(23)16-13-10-8-6-5-7-9-11-14-17-22(21(26)27,18-20(24)25)31(28,29)30/h10,13,19,23H,2-9,11-12,14-18H2,1H3,(H,24,25)(H,26,27)(H,28,29,30)/t19-,22?/m1/s1. The normalized spacial score (nSPS) is 15.1. The van der Waals surface area contributed by atoms with Crippen molar-refractivity contribution < 1.29 is 37.9 Å². The molecule has 0 aromatic rings. The average Bonchev–Trinajstić information content (AvgIpc) is 2.67. The van der Waals surface area contributed by atoms with Crippen LogP contribution in [0.15, 0.2) is 12.2 Å². The molecular weight excluding hydrogens is 424 g/mol. The lowest BCUT2D eigenvalue weighted by Crippen LogP contribution is -2.48. The number of aliphatic hydroxyl groups is 1. The Bertz CT molecular complexity index is 644. The van der Waals surface area contributed by atoms with Crippen molar-refractivity contribution in [3.05, 3.63) is 12.2 Å². The maximum absolute atomic E-state index is 11.5. The maximum Gasteiger partial charge on any atom is 0.328 e. The second-order valence-corrected chi connectivity index (χ2v) is 9.95. The Balaban J connectivity index is 3.99. The van der Waals surface area contributed by atoms with E-state index in [2.05, 4.69) is 13.0 Å². The third-order valence-corrected chi connectivity index (χ3v) is 7.00. The monoisotopic (exact) mass is 464 g/mol. The minimum atomic E-state index is -5.05. The van der Waals surface area contributed by atoms with Gasteiger partial charge in [-0.15, -0.1) is 0 Å². The summed E-state index contributed by atoms with van der Waals surface area (Å²) in [5, 5.41) is 28.0. The number of allylic oxidation sites excluding steroid dienone is 1. The Morgan fingerprint density at radius 3 is 2.03 bits per heavy atom. The van der Waals surface area contributed by atoms with E-state index >= 15 is 0 Å². The summed E-state index contributed by atoms with van der Waals surface area (Å²) in [5.74, 6) is -3.42. The van der Waals surface area contributed by atoms with E-state index in [4.69, 9.17) is 5.11 Å². The van der Waals surface area contributed by atoms with Crippen LogP contribution in [0, 0.1) is 0 Å². The zero-order valence-corrected chi connectivity index (χ0v) is 19.5. The molecule has 0 aliphatic rings. The molecule has 0 radical (unpaired) electrons. The Hall–Kier alpha value is -1.45. The fraction of sp³-hybridized carbons (Fsp3) is 0.818. The van der Waals surface area contributed by atoms with Gasteiger partial charge in [0.05, 0.1) is 12.5 Å². The maximum atomic E-state index is 11.5. The molecule has 1 unspecified atom stereocenters. The molecule has 0 amide bonds. The first-order valence-electron chi connectivity index (χ1n) is 11.3. The number of hydrogen-bond donors (Lipinski definition) is 4. The molecule has 0 aliphatic heterocycles. The average molecular weight is 465 g/mol. The predicted octanol–water partition coefficient (Wildman–Crippen LogP) is 4.57. The van der Waals surface area contributed by atoms with Gasteiger partial charge in [-0.2, -0.15) is 8.42 Å². The summed E-state index contributed by atoms with van der Waals surface area (Å²) in [6, 6.07) is 0. The van der Waals surface area contributed by atoms with Crippen LogP contribution in [0.3, 0.4) is 0 Å². The Labute approximate surface area is 186 Å². The van der Waals surface area contributed by atoms with Crippen LogP contribution in [0.25, 0.3) is 0 Å².